The number of rotatable bonds is 7. The van der Waals surface area contributed by atoms with E-state index in [2.05, 4.69) is 15.5 Å². The van der Waals surface area contributed by atoms with Crippen molar-refractivity contribution in [3.8, 4) is 11.3 Å². The number of halogens is 1. The van der Waals surface area contributed by atoms with Crippen LogP contribution >= 0.6 is 11.6 Å². The Balaban J connectivity index is 1.87. The van der Waals surface area contributed by atoms with Gasteiger partial charge in [0.05, 0.1) is 12.6 Å². The van der Waals surface area contributed by atoms with Gasteiger partial charge in [-0.3, -0.25) is 0 Å². The van der Waals surface area contributed by atoms with Gasteiger partial charge in [-0.15, -0.1) is 0 Å². The van der Waals surface area contributed by atoms with Crippen LogP contribution < -0.4 is 5.32 Å². The first-order valence-electron chi connectivity index (χ1n) is 8.25. The van der Waals surface area contributed by atoms with E-state index in [4.69, 9.17) is 11.6 Å². The summed E-state index contributed by atoms with van der Waals surface area (Å²) in [5, 5.41) is 22.6. The summed E-state index contributed by atoms with van der Waals surface area (Å²) >= 11 is 6.25. The fourth-order valence-corrected chi connectivity index (χ4v) is 2.77. The lowest BCUT2D eigenvalue weighted by Crippen LogP contribution is -2.24. The Hall–Kier alpha value is -2.21. The van der Waals surface area contributed by atoms with Crippen LogP contribution in [0.15, 0.2) is 54.6 Å². The highest BCUT2D eigenvalue weighted by atomic mass is 35.5. The predicted molar refractivity (Wildman–Crippen MR) is 99.4 cm³/mol. The van der Waals surface area contributed by atoms with Crippen molar-refractivity contribution in [3.05, 3.63) is 70.9 Å². The molecule has 25 heavy (non-hydrogen) atoms. The van der Waals surface area contributed by atoms with Crippen molar-refractivity contribution in [2.45, 2.75) is 26.1 Å². The molecule has 5 nitrogen and oxygen atoms in total. The van der Waals surface area contributed by atoms with Gasteiger partial charge in [0.2, 0.25) is 0 Å². The Morgan fingerprint density at radius 2 is 1.80 bits per heavy atom. The first-order valence-corrected chi connectivity index (χ1v) is 8.63. The average Bonchev–Trinajstić information content (AvgIpc) is 3.00. The molecule has 3 aromatic rings. The Labute approximate surface area is 152 Å². The minimum absolute atomic E-state index is 0.404. The molecule has 0 aliphatic heterocycles. The van der Waals surface area contributed by atoms with Crippen molar-refractivity contribution in [2.24, 2.45) is 0 Å². The van der Waals surface area contributed by atoms with Crippen molar-refractivity contribution in [1.29, 1.82) is 0 Å². The molecule has 0 aliphatic rings. The smallest absolute Gasteiger partial charge is 0.117 e. The molecule has 130 valence electrons. The van der Waals surface area contributed by atoms with Gasteiger partial charge in [-0.2, -0.15) is 15.0 Å². The second-order valence-electron chi connectivity index (χ2n) is 5.96. The molecule has 0 aliphatic carbocycles. The first kappa shape index (κ1) is 17.6. The maximum atomic E-state index is 9.43. The zero-order valence-corrected chi connectivity index (χ0v) is 14.8. The SMILES string of the molecule is C[C@@H](O)CNCc1nn(Cc2ccccc2Cl)nc1-c1ccccc1. The van der Waals surface area contributed by atoms with Crippen LogP contribution in [0, 0.1) is 0 Å². The van der Waals surface area contributed by atoms with Gasteiger partial charge < -0.3 is 10.4 Å². The van der Waals surface area contributed by atoms with Crippen LogP contribution in [-0.2, 0) is 13.1 Å². The van der Waals surface area contributed by atoms with Gasteiger partial charge in [-0.1, -0.05) is 60.1 Å². The largest absolute Gasteiger partial charge is 0.392 e. The summed E-state index contributed by atoms with van der Waals surface area (Å²) in [7, 11) is 0. The molecular weight excluding hydrogens is 336 g/mol. The molecule has 0 unspecified atom stereocenters. The molecule has 3 rings (SSSR count). The molecule has 0 saturated heterocycles. The van der Waals surface area contributed by atoms with Crippen LogP contribution in [0.5, 0.6) is 0 Å². The van der Waals surface area contributed by atoms with E-state index in [9.17, 15) is 5.11 Å². The van der Waals surface area contributed by atoms with E-state index in [0.717, 1.165) is 22.5 Å². The molecule has 1 heterocycles. The van der Waals surface area contributed by atoms with Crippen molar-refractivity contribution in [2.75, 3.05) is 6.54 Å². The second-order valence-corrected chi connectivity index (χ2v) is 6.37. The van der Waals surface area contributed by atoms with Gasteiger partial charge in [0, 0.05) is 23.7 Å². The lowest BCUT2D eigenvalue weighted by Gasteiger charge is -2.05. The Kier molecular flexibility index (Phi) is 5.81. The van der Waals surface area contributed by atoms with Crippen molar-refractivity contribution >= 4 is 11.6 Å². The van der Waals surface area contributed by atoms with Crippen molar-refractivity contribution in [3.63, 3.8) is 0 Å². The van der Waals surface area contributed by atoms with Crippen LogP contribution in [0.2, 0.25) is 5.02 Å². The molecule has 0 spiro atoms. The molecule has 2 aromatic carbocycles. The minimum Gasteiger partial charge on any atom is -0.392 e. The van der Waals surface area contributed by atoms with Crippen LogP contribution in [0.1, 0.15) is 18.2 Å². The number of nitrogens with one attached hydrogen (secondary N) is 1. The van der Waals surface area contributed by atoms with E-state index in [-0.39, 0.29) is 0 Å². The molecular formula is C19H21ClN4O. The standard InChI is InChI=1S/C19H21ClN4O/c1-14(25)11-21-12-18-19(15-7-3-2-4-8-15)23-24(22-18)13-16-9-5-6-10-17(16)20/h2-10,14,21,25H,11-13H2,1H3/t14-/m1/s1. The third kappa shape index (κ3) is 4.66. The zero-order valence-electron chi connectivity index (χ0n) is 14.1. The Bertz CT molecular complexity index is 817. The van der Waals surface area contributed by atoms with Gasteiger partial charge in [-0.05, 0) is 18.6 Å². The van der Waals surface area contributed by atoms with E-state index >= 15 is 0 Å². The topological polar surface area (TPSA) is 63.0 Å². The fraction of sp³-hybridized carbons (Fsp3) is 0.263. The summed E-state index contributed by atoms with van der Waals surface area (Å²) in [5.41, 5.74) is 3.67. The molecule has 0 fully saturated rings. The number of hydrogen-bond acceptors (Lipinski definition) is 4. The lowest BCUT2D eigenvalue weighted by molar-refractivity contribution is 0.191. The molecule has 0 radical (unpaired) electrons. The van der Waals surface area contributed by atoms with E-state index in [1.165, 1.54) is 0 Å². The van der Waals surface area contributed by atoms with Crippen LogP contribution in [0.4, 0.5) is 0 Å². The molecule has 0 saturated carbocycles. The van der Waals surface area contributed by atoms with Gasteiger partial charge in [0.25, 0.3) is 0 Å². The Morgan fingerprint density at radius 3 is 2.52 bits per heavy atom. The van der Waals surface area contributed by atoms with E-state index in [1.54, 1.807) is 11.7 Å². The van der Waals surface area contributed by atoms with Gasteiger partial charge in [0.15, 0.2) is 0 Å². The summed E-state index contributed by atoms with van der Waals surface area (Å²) < 4.78 is 0. The zero-order chi connectivity index (χ0) is 17.6. The van der Waals surface area contributed by atoms with Crippen molar-refractivity contribution < 1.29 is 5.11 Å². The molecule has 0 amide bonds. The third-order valence-electron chi connectivity index (χ3n) is 3.77. The molecule has 0 bridgehead atoms. The number of aliphatic hydroxyl groups is 1. The van der Waals surface area contributed by atoms with Crippen LogP contribution in [-0.4, -0.2) is 32.7 Å². The normalized spacial score (nSPS) is 12.3. The summed E-state index contributed by atoms with van der Waals surface area (Å²) in [6.45, 7) is 3.30. The van der Waals surface area contributed by atoms with E-state index < -0.39 is 6.10 Å². The summed E-state index contributed by atoms with van der Waals surface area (Å²) in [4.78, 5) is 1.67. The maximum absolute atomic E-state index is 9.43. The van der Waals surface area contributed by atoms with Crippen LogP contribution in [0.25, 0.3) is 11.3 Å². The first-order chi connectivity index (χ1) is 12.1. The average molecular weight is 357 g/mol. The number of benzene rings is 2. The lowest BCUT2D eigenvalue weighted by atomic mass is 10.1. The highest BCUT2D eigenvalue weighted by Crippen LogP contribution is 2.21. The highest BCUT2D eigenvalue weighted by Gasteiger charge is 2.14. The van der Waals surface area contributed by atoms with Gasteiger partial charge >= 0.3 is 0 Å². The van der Waals surface area contributed by atoms with Crippen molar-refractivity contribution in [1.82, 2.24) is 20.3 Å². The van der Waals surface area contributed by atoms with Crippen LogP contribution in [0.3, 0.4) is 0 Å². The van der Waals surface area contributed by atoms with E-state index in [1.807, 2.05) is 54.6 Å². The number of nitrogens with zero attached hydrogens (tertiary/aromatic N) is 3. The predicted octanol–water partition coefficient (Wildman–Crippen LogP) is 3.12. The highest BCUT2D eigenvalue weighted by molar-refractivity contribution is 6.31. The molecule has 1 aromatic heterocycles. The fourth-order valence-electron chi connectivity index (χ4n) is 2.57. The quantitative estimate of drug-likeness (QED) is 0.682. The summed E-state index contributed by atoms with van der Waals surface area (Å²) in [5.74, 6) is 0. The number of hydrogen-bond donors (Lipinski definition) is 2. The number of aromatic nitrogens is 3. The van der Waals surface area contributed by atoms with Gasteiger partial charge in [0.1, 0.15) is 11.4 Å². The third-order valence-corrected chi connectivity index (χ3v) is 4.14. The summed E-state index contributed by atoms with van der Waals surface area (Å²) in [6.07, 6.45) is -0.404. The molecule has 2 N–H and O–H groups in total. The number of aliphatic hydroxyl groups excluding tert-OH is 1. The maximum Gasteiger partial charge on any atom is 0.117 e. The second kappa shape index (κ2) is 8.25. The van der Waals surface area contributed by atoms with Gasteiger partial charge in [-0.25, -0.2) is 0 Å². The monoisotopic (exact) mass is 356 g/mol. The van der Waals surface area contributed by atoms with E-state index in [0.29, 0.717) is 24.7 Å². The molecule has 6 heteroatoms. The summed E-state index contributed by atoms with van der Waals surface area (Å²) in [6, 6.07) is 17.7. The minimum atomic E-state index is -0.404. The molecule has 1 atom stereocenters. The Morgan fingerprint density at radius 1 is 1.08 bits per heavy atom.